The fraction of sp³-hybridized carbons (Fsp3) is 0.0909. The van der Waals surface area contributed by atoms with Gasteiger partial charge in [0.1, 0.15) is 6.07 Å². The van der Waals surface area contributed by atoms with E-state index in [4.69, 9.17) is 11.0 Å². The molecule has 0 unspecified atom stereocenters. The summed E-state index contributed by atoms with van der Waals surface area (Å²) in [7, 11) is 0. The lowest BCUT2D eigenvalue weighted by Gasteiger charge is -2.05. The van der Waals surface area contributed by atoms with Crippen molar-refractivity contribution in [3.05, 3.63) is 40.3 Å². The minimum absolute atomic E-state index is 0.489. The first-order chi connectivity index (χ1) is 7.79. The largest absolute Gasteiger partial charge is 0.398 e. The van der Waals surface area contributed by atoms with Crippen LogP contribution in [-0.2, 0) is 6.54 Å². The lowest BCUT2D eigenvalue weighted by molar-refractivity contribution is 1.07. The molecule has 0 aliphatic heterocycles. The highest BCUT2D eigenvalue weighted by molar-refractivity contribution is 7.07. The Morgan fingerprint density at radius 3 is 3.06 bits per heavy atom. The van der Waals surface area contributed by atoms with Crippen molar-refractivity contribution in [1.82, 2.24) is 4.98 Å². The van der Waals surface area contributed by atoms with Crippen LogP contribution in [0.25, 0.3) is 0 Å². The number of benzene rings is 1. The number of nitriles is 1. The molecule has 0 radical (unpaired) electrons. The van der Waals surface area contributed by atoms with Gasteiger partial charge in [0.05, 0.1) is 23.3 Å². The van der Waals surface area contributed by atoms with E-state index in [0.717, 1.165) is 11.4 Å². The van der Waals surface area contributed by atoms with Crippen LogP contribution in [0.4, 0.5) is 11.4 Å². The summed E-state index contributed by atoms with van der Waals surface area (Å²) in [6, 6.07) is 7.36. The van der Waals surface area contributed by atoms with E-state index < -0.39 is 0 Å². The normalized spacial score (nSPS) is 9.69. The maximum atomic E-state index is 8.83. The van der Waals surface area contributed by atoms with Gasteiger partial charge in [-0.25, -0.2) is 4.98 Å². The van der Waals surface area contributed by atoms with Crippen molar-refractivity contribution in [2.75, 3.05) is 11.1 Å². The third kappa shape index (κ3) is 2.30. The van der Waals surface area contributed by atoms with Crippen LogP contribution in [0.5, 0.6) is 0 Å². The third-order valence-electron chi connectivity index (χ3n) is 2.13. The molecular weight excluding hydrogens is 220 g/mol. The molecule has 3 N–H and O–H groups in total. The molecule has 0 spiro atoms. The van der Waals surface area contributed by atoms with Crippen molar-refractivity contribution in [3.63, 3.8) is 0 Å². The minimum Gasteiger partial charge on any atom is -0.398 e. The highest BCUT2D eigenvalue weighted by atomic mass is 32.1. The number of nitrogens with one attached hydrogen (secondary N) is 1. The lowest BCUT2D eigenvalue weighted by Crippen LogP contribution is -2.00. The highest BCUT2D eigenvalue weighted by Crippen LogP contribution is 2.17. The van der Waals surface area contributed by atoms with Crippen molar-refractivity contribution in [2.24, 2.45) is 0 Å². The van der Waals surface area contributed by atoms with Crippen LogP contribution in [0.3, 0.4) is 0 Å². The summed E-state index contributed by atoms with van der Waals surface area (Å²) >= 11 is 1.56. The minimum atomic E-state index is 0.489. The Kier molecular flexibility index (Phi) is 3.03. The summed E-state index contributed by atoms with van der Waals surface area (Å²) in [4.78, 5) is 4.16. The highest BCUT2D eigenvalue weighted by Gasteiger charge is 2.00. The average Bonchev–Trinajstić information content (AvgIpc) is 2.81. The smallest absolute Gasteiger partial charge is 0.101 e. The SMILES string of the molecule is N#Cc1cc(NCc2cscn2)ccc1N. The summed E-state index contributed by atoms with van der Waals surface area (Å²) < 4.78 is 0. The summed E-state index contributed by atoms with van der Waals surface area (Å²) in [5, 5.41) is 14.0. The predicted molar refractivity (Wildman–Crippen MR) is 65.0 cm³/mol. The van der Waals surface area contributed by atoms with Crippen LogP contribution in [0, 0.1) is 11.3 Å². The second kappa shape index (κ2) is 4.64. The summed E-state index contributed by atoms with van der Waals surface area (Å²) in [6.07, 6.45) is 0. The van der Waals surface area contributed by atoms with Gasteiger partial charge in [0.25, 0.3) is 0 Å². The number of nitrogens with two attached hydrogens (primary N) is 1. The molecule has 80 valence electrons. The number of anilines is 2. The molecule has 0 saturated carbocycles. The fourth-order valence-corrected chi connectivity index (χ4v) is 1.84. The van der Waals surface area contributed by atoms with Crippen molar-refractivity contribution in [3.8, 4) is 6.07 Å². The van der Waals surface area contributed by atoms with E-state index in [1.165, 1.54) is 0 Å². The van der Waals surface area contributed by atoms with Gasteiger partial charge in [0.2, 0.25) is 0 Å². The van der Waals surface area contributed by atoms with E-state index in [2.05, 4.69) is 16.4 Å². The molecule has 1 heterocycles. The Hall–Kier alpha value is -2.06. The van der Waals surface area contributed by atoms with Gasteiger partial charge in [-0.05, 0) is 18.2 Å². The first-order valence-electron chi connectivity index (χ1n) is 4.70. The van der Waals surface area contributed by atoms with E-state index in [9.17, 15) is 0 Å². The number of hydrogen-bond acceptors (Lipinski definition) is 5. The van der Waals surface area contributed by atoms with E-state index >= 15 is 0 Å². The van der Waals surface area contributed by atoms with Crippen LogP contribution in [0.1, 0.15) is 11.3 Å². The van der Waals surface area contributed by atoms with Crippen LogP contribution in [0.2, 0.25) is 0 Å². The number of hydrogen-bond donors (Lipinski definition) is 2. The molecule has 2 rings (SSSR count). The Bertz CT molecular complexity index is 513. The van der Waals surface area contributed by atoms with E-state index in [-0.39, 0.29) is 0 Å². The van der Waals surface area contributed by atoms with Crippen molar-refractivity contribution in [1.29, 1.82) is 5.26 Å². The van der Waals surface area contributed by atoms with Gasteiger partial charge in [-0.3, -0.25) is 0 Å². The zero-order valence-electron chi connectivity index (χ0n) is 8.47. The predicted octanol–water partition coefficient (Wildman–Crippen LogP) is 2.21. The first kappa shape index (κ1) is 10.5. The first-order valence-corrected chi connectivity index (χ1v) is 5.64. The number of aromatic nitrogens is 1. The second-order valence-corrected chi connectivity index (χ2v) is 3.97. The molecule has 0 atom stereocenters. The molecular formula is C11H10N4S. The Labute approximate surface area is 97.4 Å². The lowest BCUT2D eigenvalue weighted by atomic mass is 10.2. The van der Waals surface area contributed by atoms with Gasteiger partial charge >= 0.3 is 0 Å². The Balaban J connectivity index is 2.08. The van der Waals surface area contributed by atoms with Gasteiger partial charge in [-0.2, -0.15) is 5.26 Å². The molecule has 0 bridgehead atoms. The molecule has 2 aromatic rings. The maximum Gasteiger partial charge on any atom is 0.101 e. The van der Waals surface area contributed by atoms with E-state index in [1.54, 1.807) is 29.0 Å². The molecule has 1 aromatic carbocycles. The number of thiazole rings is 1. The number of nitrogens with zero attached hydrogens (tertiary/aromatic N) is 2. The van der Waals surface area contributed by atoms with Crippen molar-refractivity contribution >= 4 is 22.7 Å². The zero-order chi connectivity index (χ0) is 11.4. The second-order valence-electron chi connectivity index (χ2n) is 3.25. The quantitative estimate of drug-likeness (QED) is 0.793. The maximum absolute atomic E-state index is 8.83. The molecule has 0 amide bonds. The molecule has 5 heteroatoms. The van der Waals surface area contributed by atoms with Crippen molar-refractivity contribution in [2.45, 2.75) is 6.54 Å². The van der Waals surface area contributed by atoms with Crippen LogP contribution >= 0.6 is 11.3 Å². The van der Waals surface area contributed by atoms with Crippen LogP contribution in [-0.4, -0.2) is 4.98 Å². The van der Waals surface area contributed by atoms with Crippen LogP contribution < -0.4 is 11.1 Å². The summed E-state index contributed by atoms with van der Waals surface area (Å²) in [5.41, 5.74) is 10.3. The molecule has 0 aliphatic rings. The van der Waals surface area contributed by atoms with Gasteiger partial charge in [0, 0.05) is 16.8 Å². The molecule has 1 aromatic heterocycles. The van der Waals surface area contributed by atoms with Crippen LogP contribution in [0.15, 0.2) is 29.1 Å². The molecule has 16 heavy (non-hydrogen) atoms. The van der Waals surface area contributed by atoms with Gasteiger partial charge in [0.15, 0.2) is 0 Å². The van der Waals surface area contributed by atoms with E-state index in [1.807, 2.05) is 11.4 Å². The number of rotatable bonds is 3. The Morgan fingerprint density at radius 1 is 1.50 bits per heavy atom. The fourth-order valence-electron chi connectivity index (χ4n) is 1.28. The standard InChI is InChI=1S/C11H10N4S/c12-4-8-3-9(1-2-11(8)13)14-5-10-6-16-7-15-10/h1-3,6-7,14H,5,13H2. The van der Waals surface area contributed by atoms with E-state index in [0.29, 0.717) is 17.8 Å². The van der Waals surface area contributed by atoms with Gasteiger partial charge < -0.3 is 11.1 Å². The number of nitrogen functional groups attached to an aromatic ring is 1. The van der Waals surface area contributed by atoms with Gasteiger partial charge in [-0.15, -0.1) is 11.3 Å². The summed E-state index contributed by atoms with van der Waals surface area (Å²) in [6.45, 7) is 0.651. The third-order valence-corrected chi connectivity index (χ3v) is 2.77. The van der Waals surface area contributed by atoms with Crippen molar-refractivity contribution < 1.29 is 0 Å². The molecule has 0 fully saturated rings. The topological polar surface area (TPSA) is 74.7 Å². The molecule has 0 saturated heterocycles. The molecule has 0 aliphatic carbocycles. The monoisotopic (exact) mass is 230 g/mol. The average molecular weight is 230 g/mol. The molecule has 4 nitrogen and oxygen atoms in total. The summed E-state index contributed by atoms with van der Waals surface area (Å²) in [5.74, 6) is 0. The zero-order valence-corrected chi connectivity index (χ0v) is 9.29. The van der Waals surface area contributed by atoms with Gasteiger partial charge in [-0.1, -0.05) is 0 Å². The Morgan fingerprint density at radius 2 is 2.38 bits per heavy atom.